The van der Waals surface area contributed by atoms with Gasteiger partial charge in [-0.15, -0.1) is 11.3 Å². The van der Waals surface area contributed by atoms with Crippen molar-refractivity contribution in [3.63, 3.8) is 0 Å². The Morgan fingerprint density at radius 2 is 1.95 bits per heavy atom. The van der Waals surface area contributed by atoms with Gasteiger partial charge in [-0.25, -0.2) is 4.79 Å². The van der Waals surface area contributed by atoms with E-state index in [1.165, 1.54) is 29.2 Å². The number of benzene rings is 1. The second-order valence-electron chi connectivity index (χ2n) is 8.29. The first-order chi connectivity index (χ1) is 18.0. The number of ether oxygens (including phenoxy) is 2. The van der Waals surface area contributed by atoms with Crippen molar-refractivity contribution in [1.82, 2.24) is 16.0 Å². The van der Waals surface area contributed by atoms with Crippen molar-refractivity contribution in [2.24, 2.45) is 0 Å². The molecule has 2 heterocycles. The van der Waals surface area contributed by atoms with E-state index in [1.807, 2.05) is 0 Å². The molecular formula is C23H26ClF2N5O6S. The van der Waals surface area contributed by atoms with Crippen molar-refractivity contribution in [1.29, 1.82) is 0 Å². The molecule has 15 heteroatoms. The Balaban J connectivity index is 1.79. The minimum atomic E-state index is -3.22. The van der Waals surface area contributed by atoms with Crippen LogP contribution < -0.4 is 30.9 Å². The SMILES string of the molecule is CC(C)NC(=O)N[C@@H](CNC(=O)c1ccc(Cl)s1)C(=O)Nc1ccc(N2CCOCC2=O)cc1OC(F)F. The van der Waals surface area contributed by atoms with Crippen LogP contribution in [0.15, 0.2) is 30.3 Å². The zero-order valence-electron chi connectivity index (χ0n) is 20.4. The van der Waals surface area contributed by atoms with Gasteiger partial charge in [-0.1, -0.05) is 11.6 Å². The van der Waals surface area contributed by atoms with Crippen molar-refractivity contribution < 1.29 is 37.4 Å². The summed E-state index contributed by atoms with van der Waals surface area (Å²) in [7, 11) is 0. The molecule has 1 aromatic carbocycles. The lowest BCUT2D eigenvalue weighted by molar-refractivity contribution is -0.125. The van der Waals surface area contributed by atoms with Crippen LogP contribution in [0.1, 0.15) is 23.5 Å². The van der Waals surface area contributed by atoms with Crippen LogP contribution >= 0.6 is 22.9 Å². The van der Waals surface area contributed by atoms with E-state index >= 15 is 0 Å². The first kappa shape index (κ1) is 29.1. The number of carbonyl (C=O) groups excluding carboxylic acids is 4. The topological polar surface area (TPSA) is 138 Å². The summed E-state index contributed by atoms with van der Waals surface area (Å²) >= 11 is 6.89. The summed E-state index contributed by atoms with van der Waals surface area (Å²) in [6.07, 6.45) is 0. The normalized spacial score (nSPS) is 14.3. The monoisotopic (exact) mass is 573 g/mol. The molecule has 1 aliphatic heterocycles. The minimum Gasteiger partial charge on any atom is -0.433 e. The summed E-state index contributed by atoms with van der Waals surface area (Å²) < 4.78 is 36.4. The summed E-state index contributed by atoms with van der Waals surface area (Å²) in [5.74, 6) is -2.10. The molecule has 1 aliphatic rings. The molecule has 1 aromatic heterocycles. The Morgan fingerprint density at radius 1 is 1.18 bits per heavy atom. The summed E-state index contributed by atoms with van der Waals surface area (Å²) in [6.45, 7) is 0.214. The number of anilines is 2. The highest BCUT2D eigenvalue weighted by atomic mass is 35.5. The number of nitrogens with one attached hydrogen (secondary N) is 4. The van der Waals surface area contributed by atoms with E-state index in [4.69, 9.17) is 16.3 Å². The molecule has 0 bridgehead atoms. The third-order valence-corrected chi connectivity index (χ3v) is 6.27. The van der Waals surface area contributed by atoms with E-state index in [9.17, 15) is 28.0 Å². The average molecular weight is 574 g/mol. The number of hydrogen-bond acceptors (Lipinski definition) is 7. The maximum absolute atomic E-state index is 13.2. The summed E-state index contributed by atoms with van der Waals surface area (Å²) in [4.78, 5) is 51.6. The van der Waals surface area contributed by atoms with Crippen LogP contribution in [0.5, 0.6) is 5.75 Å². The Morgan fingerprint density at radius 3 is 2.58 bits per heavy atom. The van der Waals surface area contributed by atoms with Gasteiger partial charge in [0.05, 0.1) is 21.5 Å². The number of thiophene rings is 1. The molecular weight excluding hydrogens is 548 g/mol. The van der Waals surface area contributed by atoms with Crippen molar-refractivity contribution in [3.8, 4) is 5.75 Å². The van der Waals surface area contributed by atoms with Crippen molar-refractivity contribution in [3.05, 3.63) is 39.5 Å². The number of amides is 5. The number of alkyl halides is 2. The molecule has 4 N–H and O–H groups in total. The van der Waals surface area contributed by atoms with Gasteiger partial charge in [-0.2, -0.15) is 8.78 Å². The van der Waals surface area contributed by atoms with Crippen LogP contribution in [0.25, 0.3) is 0 Å². The van der Waals surface area contributed by atoms with Gasteiger partial charge in [-0.3, -0.25) is 14.4 Å². The molecule has 3 rings (SSSR count). The molecule has 206 valence electrons. The standard InChI is InChI=1S/C23H26ClF2N5O6S/c1-12(2)28-23(35)30-15(10-27-21(34)17-5-6-18(24)38-17)20(33)29-14-4-3-13(9-16(14)37-22(25)26)31-7-8-36-11-19(31)32/h3-6,9,12,15,22H,7-8,10-11H2,1-2H3,(H,27,34)(H,29,33)(H2,28,30,35)/t15-/m0/s1. The molecule has 0 spiro atoms. The zero-order valence-corrected chi connectivity index (χ0v) is 22.0. The maximum atomic E-state index is 13.2. The Hall–Kier alpha value is -3.49. The van der Waals surface area contributed by atoms with Gasteiger partial charge in [0, 0.05) is 30.9 Å². The molecule has 1 atom stereocenters. The van der Waals surface area contributed by atoms with E-state index in [0.29, 0.717) is 9.21 Å². The number of urea groups is 1. The third-order valence-electron chi connectivity index (χ3n) is 5.04. The lowest BCUT2D eigenvalue weighted by Crippen LogP contribution is -2.54. The molecule has 0 aliphatic carbocycles. The quantitative estimate of drug-likeness (QED) is 0.345. The summed E-state index contributed by atoms with van der Waals surface area (Å²) in [5.41, 5.74) is 0.145. The predicted octanol–water partition coefficient (Wildman–Crippen LogP) is 2.81. The fraction of sp³-hybridized carbons (Fsp3) is 0.391. The molecule has 11 nitrogen and oxygen atoms in total. The summed E-state index contributed by atoms with van der Waals surface area (Å²) in [6, 6.07) is 4.76. The number of hydrogen-bond donors (Lipinski definition) is 4. The summed E-state index contributed by atoms with van der Waals surface area (Å²) in [5, 5.41) is 10.0. The Bertz CT molecular complexity index is 1180. The fourth-order valence-corrected chi connectivity index (χ4v) is 4.34. The highest BCUT2D eigenvalue weighted by molar-refractivity contribution is 7.18. The number of rotatable bonds is 10. The molecule has 38 heavy (non-hydrogen) atoms. The lowest BCUT2D eigenvalue weighted by Gasteiger charge is -2.27. The van der Waals surface area contributed by atoms with Gasteiger partial charge in [0.2, 0.25) is 5.91 Å². The molecule has 2 aromatic rings. The van der Waals surface area contributed by atoms with Gasteiger partial charge >= 0.3 is 12.6 Å². The van der Waals surface area contributed by atoms with Crippen LogP contribution in [-0.2, 0) is 14.3 Å². The zero-order chi connectivity index (χ0) is 27.8. The molecule has 5 amide bonds. The van der Waals surface area contributed by atoms with Gasteiger partial charge < -0.3 is 35.6 Å². The second kappa shape index (κ2) is 13.3. The molecule has 1 fully saturated rings. The van der Waals surface area contributed by atoms with Crippen molar-refractivity contribution in [2.75, 3.05) is 36.5 Å². The van der Waals surface area contributed by atoms with E-state index in [1.54, 1.807) is 19.9 Å². The second-order valence-corrected chi connectivity index (χ2v) is 10.0. The van der Waals surface area contributed by atoms with Crippen LogP contribution in [0.2, 0.25) is 4.34 Å². The van der Waals surface area contributed by atoms with Crippen LogP contribution in [0.4, 0.5) is 25.0 Å². The number of morpholine rings is 1. The first-order valence-electron chi connectivity index (χ1n) is 11.4. The highest BCUT2D eigenvalue weighted by Gasteiger charge is 2.26. The third kappa shape index (κ3) is 8.26. The highest BCUT2D eigenvalue weighted by Crippen LogP contribution is 2.32. The van der Waals surface area contributed by atoms with Crippen LogP contribution in [-0.4, -0.2) is 68.8 Å². The van der Waals surface area contributed by atoms with E-state index in [0.717, 1.165) is 11.3 Å². The Labute approximate surface area is 225 Å². The van der Waals surface area contributed by atoms with Crippen molar-refractivity contribution >= 4 is 58.1 Å². The van der Waals surface area contributed by atoms with Gasteiger partial charge in [0.1, 0.15) is 12.6 Å². The molecule has 1 saturated heterocycles. The van der Waals surface area contributed by atoms with E-state index in [-0.39, 0.29) is 49.6 Å². The number of carbonyl (C=O) groups is 4. The van der Waals surface area contributed by atoms with E-state index in [2.05, 4.69) is 26.0 Å². The number of nitrogens with zero attached hydrogens (tertiary/aromatic N) is 1. The molecule has 0 saturated carbocycles. The molecule has 0 unspecified atom stereocenters. The lowest BCUT2D eigenvalue weighted by atomic mass is 10.2. The largest absolute Gasteiger partial charge is 0.433 e. The predicted molar refractivity (Wildman–Crippen MR) is 137 cm³/mol. The van der Waals surface area contributed by atoms with Gasteiger partial charge in [0.25, 0.3) is 11.8 Å². The first-order valence-corrected chi connectivity index (χ1v) is 12.6. The van der Waals surface area contributed by atoms with E-state index < -0.39 is 36.2 Å². The van der Waals surface area contributed by atoms with Crippen LogP contribution in [0.3, 0.4) is 0 Å². The van der Waals surface area contributed by atoms with Gasteiger partial charge in [0.15, 0.2) is 5.75 Å². The average Bonchev–Trinajstić information content (AvgIpc) is 3.28. The maximum Gasteiger partial charge on any atom is 0.387 e. The van der Waals surface area contributed by atoms with Crippen molar-refractivity contribution in [2.45, 2.75) is 32.5 Å². The molecule has 0 radical (unpaired) electrons. The van der Waals surface area contributed by atoms with Crippen LogP contribution in [0, 0.1) is 0 Å². The fourth-order valence-electron chi connectivity index (χ4n) is 3.38. The number of halogens is 3. The smallest absolute Gasteiger partial charge is 0.387 e. The minimum absolute atomic E-state index is 0.132. The van der Waals surface area contributed by atoms with Gasteiger partial charge in [-0.05, 0) is 38.1 Å². The Kier molecular flexibility index (Phi) is 10.2.